The topological polar surface area (TPSA) is 38.8 Å². The van der Waals surface area contributed by atoms with E-state index in [-0.39, 0.29) is 0 Å². The maximum absolute atomic E-state index is 12.9. The highest BCUT2D eigenvalue weighted by Crippen LogP contribution is 2.32. The minimum Gasteiger partial charge on any atom is -0.367 e. The van der Waals surface area contributed by atoms with E-state index in [4.69, 9.17) is 9.78 Å². The first-order chi connectivity index (χ1) is 17.2. The number of aryl methyl sites for hydroxylation is 1. The number of nitrogens with zero attached hydrogens (tertiary/aromatic N) is 1. The van der Waals surface area contributed by atoms with Gasteiger partial charge in [-0.1, -0.05) is 56.7 Å². The third kappa shape index (κ3) is 7.51. The van der Waals surface area contributed by atoms with E-state index in [1.165, 1.54) is 12.1 Å². The molecule has 0 aliphatic heterocycles. The molecule has 0 fully saturated rings. The maximum Gasteiger partial charge on any atom is 0.416 e. The van der Waals surface area contributed by atoms with Crippen LogP contribution in [0.25, 0.3) is 11.1 Å². The lowest BCUT2D eigenvalue weighted by molar-refractivity contribution is -0.214. The van der Waals surface area contributed by atoms with E-state index >= 15 is 0 Å². The Morgan fingerprint density at radius 1 is 0.917 bits per heavy atom. The standard InChI is InChI=1S/C29H32F3NO3/c1-4-6-17-33(20-22-11-16-27(21(3)18-22)35-36-28(34)8-5-2)26-10-7-9-24(19-26)23-12-14-25(15-13-23)29(30,31)32/h7,9-16,18-19H,4-6,8,17,20H2,1-3H3. The summed E-state index contributed by atoms with van der Waals surface area (Å²) in [4.78, 5) is 23.9. The number of alkyl halides is 3. The predicted molar refractivity (Wildman–Crippen MR) is 136 cm³/mol. The summed E-state index contributed by atoms with van der Waals surface area (Å²) in [6.07, 6.45) is -1.34. The Morgan fingerprint density at radius 3 is 2.31 bits per heavy atom. The number of carbonyl (C=O) groups excluding carboxylic acids is 1. The van der Waals surface area contributed by atoms with Crippen molar-refractivity contribution in [3.8, 4) is 16.9 Å². The van der Waals surface area contributed by atoms with Crippen molar-refractivity contribution in [2.75, 3.05) is 11.4 Å². The summed E-state index contributed by atoms with van der Waals surface area (Å²) in [6.45, 7) is 7.40. The van der Waals surface area contributed by atoms with E-state index in [1.807, 2.05) is 50.2 Å². The van der Waals surface area contributed by atoms with Crippen molar-refractivity contribution in [1.82, 2.24) is 0 Å². The van der Waals surface area contributed by atoms with Gasteiger partial charge in [-0.3, -0.25) is 9.78 Å². The lowest BCUT2D eigenvalue weighted by Gasteiger charge is -2.26. The van der Waals surface area contributed by atoms with Crippen LogP contribution in [0.3, 0.4) is 0 Å². The van der Waals surface area contributed by atoms with Gasteiger partial charge >= 0.3 is 12.1 Å². The first kappa shape index (κ1) is 27.1. The van der Waals surface area contributed by atoms with Crippen LogP contribution < -0.4 is 9.79 Å². The lowest BCUT2D eigenvalue weighted by atomic mass is 10.0. The summed E-state index contributed by atoms with van der Waals surface area (Å²) in [6, 6.07) is 18.8. The summed E-state index contributed by atoms with van der Waals surface area (Å²) < 4.78 is 38.8. The fourth-order valence-electron chi connectivity index (χ4n) is 3.84. The van der Waals surface area contributed by atoms with Gasteiger partial charge in [0.1, 0.15) is 0 Å². The number of hydrogen-bond acceptors (Lipinski definition) is 4. The largest absolute Gasteiger partial charge is 0.416 e. The number of hydrogen-bond donors (Lipinski definition) is 0. The average molecular weight is 500 g/mol. The monoisotopic (exact) mass is 499 g/mol. The summed E-state index contributed by atoms with van der Waals surface area (Å²) in [5.41, 5.74) is 3.84. The highest BCUT2D eigenvalue weighted by molar-refractivity contribution is 5.69. The Kier molecular flexibility index (Phi) is 9.39. The van der Waals surface area contributed by atoms with Crippen LogP contribution in [-0.2, 0) is 22.4 Å². The average Bonchev–Trinajstić information content (AvgIpc) is 2.86. The van der Waals surface area contributed by atoms with Gasteiger partial charge in [-0.05, 0) is 72.4 Å². The van der Waals surface area contributed by atoms with Crippen molar-refractivity contribution < 1.29 is 27.7 Å². The Hall–Kier alpha value is -3.48. The van der Waals surface area contributed by atoms with Gasteiger partial charge in [0.25, 0.3) is 0 Å². The van der Waals surface area contributed by atoms with E-state index < -0.39 is 17.7 Å². The zero-order chi connectivity index (χ0) is 26.1. The quantitative estimate of drug-likeness (QED) is 0.197. The highest BCUT2D eigenvalue weighted by Gasteiger charge is 2.30. The molecule has 192 valence electrons. The molecule has 0 N–H and O–H groups in total. The molecule has 0 heterocycles. The number of rotatable bonds is 11. The van der Waals surface area contributed by atoms with E-state index in [0.29, 0.717) is 25.1 Å². The molecule has 3 rings (SSSR count). The first-order valence-electron chi connectivity index (χ1n) is 12.2. The van der Waals surface area contributed by atoms with Crippen LogP contribution in [0.2, 0.25) is 0 Å². The van der Waals surface area contributed by atoms with Gasteiger partial charge < -0.3 is 4.90 Å². The minimum atomic E-state index is -4.35. The fourth-order valence-corrected chi connectivity index (χ4v) is 3.84. The van der Waals surface area contributed by atoms with Crippen molar-refractivity contribution in [2.45, 2.75) is 59.2 Å². The zero-order valence-electron chi connectivity index (χ0n) is 20.9. The number of anilines is 1. The van der Waals surface area contributed by atoms with Gasteiger partial charge in [-0.2, -0.15) is 13.2 Å². The Bertz CT molecular complexity index is 1140. The van der Waals surface area contributed by atoms with Gasteiger partial charge in [0, 0.05) is 25.2 Å². The number of carbonyl (C=O) groups is 1. The first-order valence-corrected chi connectivity index (χ1v) is 12.2. The molecule has 0 bridgehead atoms. The Labute approximate surface area is 210 Å². The van der Waals surface area contributed by atoms with Gasteiger partial charge in [-0.25, -0.2) is 4.79 Å². The maximum atomic E-state index is 12.9. The van der Waals surface area contributed by atoms with Crippen LogP contribution in [-0.4, -0.2) is 12.5 Å². The molecule has 36 heavy (non-hydrogen) atoms. The molecule has 0 aromatic heterocycles. The molecule has 0 saturated heterocycles. The van der Waals surface area contributed by atoms with Crippen LogP contribution >= 0.6 is 0 Å². The molecule has 0 atom stereocenters. The third-order valence-corrected chi connectivity index (χ3v) is 5.83. The van der Waals surface area contributed by atoms with Crippen LogP contribution in [0.4, 0.5) is 18.9 Å². The molecule has 3 aromatic rings. The molecule has 7 heteroatoms. The molecular weight excluding hydrogens is 467 g/mol. The summed E-state index contributed by atoms with van der Waals surface area (Å²) >= 11 is 0. The van der Waals surface area contributed by atoms with Crippen molar-refractivity contribution in [1.29, 1.82) is 0 Å². The summed E-state index contributed by atoms with van der Waals surface area (Å²) in [7, 11) is 0. The molecule has 0 spiro atoms. The molecule has 0 radical (unpaired) electrons. The highest BCUT2D eigenvalue weighted by atomic mass is 19.4. The third-order valence-electron chi connectivity index (χ3n) is 5.83. The van der Waals surface area contributed by atoms with E-state index in [2.05, 4.69) is 11.8 Å². The number of halogens is 3. The molecule has 0 aliphatic rings. The van der Waals surface area contributed by atoms with Crippen LogP contribution in [0, 0.1) is 6.92 Å². The fraction of sp³-hybridized carbons (Fsp3) is 0.345. The normalized spacial score (nSPS) is 11.3. The van der Waals surface area contributed by atoms with Gasteiger partial charge in [0.2, 0.25) is 0 Å². The van der Waals surface area contributed by atoms with Crippen LogP contribution in [0.15, 0.2) is 66.7 Å². The van der Waals surface area contributed by atoms with Gasteiger partial charge in [0.05, 0.1) is 5.56 Å². The van der Waals surface area contributed by atoms with Crippen molar-refractivity contribution in [2.24, 2.45) is 0 Å². The minimum absolute atomic E-state index is 0.301. The van der Waals surface area contributed by atoms with Crippen molar-refractivity contribution in [3.63, 3.8) is 0 Å². The SMILES string of the molecule is CCCCN(Cc1ccc(OOC(=O)CCC)c(C)c1)c1cccc(-c2ccc(C(F)(F)F)cc2)c1. The Balaban J connectivity index is 1.78. The van der Waals surface area contributed by atoms with Crippen molar-refractivity contribution in [3.05, 3.63) is 83.4 Å². The second-order valence-corrected chi connectivity index (χ2v) is 8.79. The van der Waals surface area contributed by atoms with Gasteiger partial charge in [-0.15, -0.1) is 0 Å². The molecule has 0 aliphatic carbocycles. The summed E-state index contributed by atoms with van der Waals surface area (Å²) in [5, 5.41) is 0. The molecule has 3 aromatic carbocycles. The summed E-state index contributed by atoms with van der Waals surface area (Å²) in [5.74, 6) is 0.0901. The molecule has 4 nitrogen and oxygen atoms in total. The van der Waals surface area contributed by atoms with E-state index in [9.17, 15) is 18.0 Å². The van der Waals surface area contributed by atoms with Crippen LogP contribution in [0.1, 0.15) is 56.2 Å². The predicted octanol–water partition coefficient (Wildman–Crippen LogP) is 8.12. The lowest BCUT2D eigenvalue weighted by Crippen LogP contribution is -2.24. The van der Waals surface area contributed by atoms with Gasteiger partial charge in [0.15, 0.2) is 5.75 Å². The molecule has 0 amide bonds. The second-order valence-electron chi connectivity index (χ2n) is 8.79. The zero-order valence-corrected chi connectivity index (χ0v) is 20.9. The molecule has 0 unspecified atom stereocenters. The van der Waals surface area contributed by atoms with E-state index in [1.54, 1.807) is 6.07 Å². The second kappa shape index (κ2) is 12.5. The number of unbranched alkanes of at least 4 members (excludes halogenated alkanes) is 1. The smallest absolute Gasteiger partial charge is 0.367 e. The molecular formula is C29H32F3NO3. The number of benzene rings is 3. The van der Waals surface area contributed by atoms with Crippen LogP contribution in [0.5, 0.6) is 5.75 Å². The van der Waals surface area contributed by atoms with E-state index in [0.717, 1.165) is 59.5 Å². The Morgan fingerprint density at radius 2 is 1.67 bits per heavy atom. The molecule has 0 saturated carbocycles. The van der Waals surface area contributed by atoms with Crippen molar-refractivity contribution >= 4 is 11.7 Å².